The Morgan fingerprint density at radius 1 is 0.758 bits per heavy atom. The van der Waals surface area contributed by atoms with Crippen molar-refractivity contribution in [2.75, 3.05) is 6.61 Å². The van der Waals surface area contributed by atoms with Gasteiger partial charge < -0.3 is 4.74 Å². The quantitative estimate of drug-likeness (QED) is 0.209. The summed E-state index contributed by atoms with van der Waals surface area (Å²) in [6, 6.07) is 18.2. The number of hydrogen-bond acceptors (Lipinski definition) is 1. The van der Waals surface area contributed by atoms with Crippen LogP contribution in [0.1, 0.15) is 80.5 Å². The highest BCUT2D eigenvalue weighted by Crippen LogP contribution is 2.34. The molecule has 178 valence electrons. The van der Waals surface area contributed by atoms with Crippen molar-refractivity contribution in [2.45, 2.75) is 84.2 Å². The molecule has 1 heteroatoms. The van der Waals surface area contributed by atoms with E-state index in [1.54, 1.807) is 0 Å². The van der Waals surface area contributed by atoms with Gasteiger partial charge in [0.2, 0.25) is 0 Å². The molecule has 2 aromatic carbocycles. The minimum absolute atomic E-state index is 0.700. The first-order valence-electron chi connectivity index (χ1n) is 13.2. The van der Waals surface area contributed by atoms with Gasteiger partial charge in [0.05, 0.1) is 13.2 Å². The Bertz CT molecular complexity index is 807. The molecule has 0 bridgehead atoms. The molecule has 0 unspecified atom stereocenters. The van der Waals surface area contributed by atoms with E-state index in [-0.39, 0.29) is 0 Å². The van der Waals surface area contributed by atoms with Crippen molar-refractivity contribution in [3.05, 3.63) is 95.6 Å². The van der Waals surface area contributed by atoms with Crippen LogP contribution >= 0.6 is 0 Å². The molecule has 1 saturated carbocycles. The molecule has 1 aliphatic rings. The van der Waals surface area contributed by atoms with E-state index < -0.39 is 0 Å². The van der Waals surface area contributed by atoms with E-state index in [2.05, 4.69) is 55.1 Å². The number of aryl methyl sites for hydroxylation is 2. The van der Waals surface area contributed by atoms with Crippen molar-refractivity contribution in [3.8, 4) is 0 Å². The smallest absolute Gasteiger partial charge is 0.0721 e. The third-order valence-corrected chi connectivity index (χ3v) is 7.28. The average Bonchev–Trinajstić information content (AvgIpc) is 2.86. The van der Waals surface area contributed by atoms with Crippen LogP contribution in [0, 0.1) is 11.8 Å². The molecule has 0 N–H and O–H groups in total. The standard InChI is InChI=1S/C32H44O/c1-3-5-25-33-26-32-23-21-31(22-24-32)20-19-30-17-15-29(16-18-30)10-7-6-9-28-13-11-27(8-4-2)12-14-28/h3-5,11-14,21-24,29-30H,2,6-10,15-20,25-26H2,1H3/b5-3+. The number of rotatable bonds is 14. The van der Waals surface area contributed by atoms with Crippen LogP contribution in [0.4, 0.5) is 0 Å². The first-order chi connectivity index (χ1) is 16.3. The summed E-state index contributed by atoms with van der Waals surface area (Å²) in [5.41, 5.74) is 5.61. The van der Waals surface area contributed by atoms with E-state index >= 15 is 0 Å². The fraction of sp³-hybridized carbons (Fsp3) is 0.500. The van der Waals surface area contributed by atoms with Crippen LogP contribution in [0.15, 0.2) is 73.3 Å². The first-order valence-corrected chi connectivity index (χ1v) is 13.2. The monoisotopic (exact) mass is 444 g/mol. The molecular weight excluding hydrogens is 400 g/mol. The minimum atomic E-state index is 0.700. The van der Waals surface area contributed by atoms with E-state index in [4.69, 9.17) is 4.74 Å². The zero-order valence-corrected chi connectivity index (χ0v) is 20.8. The second-order valence-electron chi connectivity index (χ2n) is 9.88. The Kier molecular flexibility index (Phi) is 11.5. The predicted octanol–water partition coefficient (Wildman–Crippen LogP) is 8.66. The van der Waals surface area contributed by atoms with E-state index in [0.717, 1.165) is 18.3 Å². The van der Waals surface area contributed by atoms with Crippen LogP contribution in [-0.4, -0.2) is 6.61 Å². The van der Waals surface area contributed by atoms with Crippen LogP contribution in [0.25, 0.3) is 0 Å². The fourth-order valence-electron chi connectivity index (χ4n) is 5.09. The largest absolute Gasteiger partial charge is 0.373 e. The Balaban J connectivity index is 1.25. The SMILES string of the molecule is C=CCc1ccc(CCCCC2CCC(CCc3ccc(COC/C=C/C)cc3)CC2)cc1. The summed E-state index contributed by atoms with van der Waals surface area (Å²) >= 11 is 0. The highest BCUT2D eigenvalue weighted by molar-refractivity contribution is 5.24. The van der Waals surface area contributed by atoms with Crippen LogP contribution in [0.5, 0.6) is 0 Å². The van der Waals surface area contributed by atoms with Crippen LogP contribution in [0.2, 0.25) is 0 Å². The normalized spacial score (nSPS) is 18.6. The van der Waals surface area contributed by atoms with E-state index in [1.807, 2.05) is 25.2 Å². The molecule has 0 aliphatic heterocycles. The number of benzene rings is 2. The maximum Gasteiger partial charge on any atom is 0.0721 e. The van der Waals surface area contributed by atoms with Crippen molar-refractivity contribution >= 4 is 0 Å². The zero-order valence-electron chi connectivity index (χ0n) is 20.8. The topological polar surface area (TPSA) is 9.23 Å². The lowest BCUT2D eigenvalue weighted by atomic mass is 9.77. The van der Waals surface area contributed by atoms with Gasteiger partial charge in [-0.1, -0.05) is 105 Å². The van der Waals surface area contributed by atoms with Crippen molar-refractivity contribution in [1.82, 2.24) is 0 Å². The van der Waals surface area contributed by atoms with Gasteiger partial charge in [0.1, 0.15) is 0 Å². The summed E-state index contributed by atoms with van der Waals surface area (Å²) < 4.78 is 5.65. The molecule has 0 spiro atoms. The van der Waals surface area contributed by atoms with E-state index in [1.165, 1.54) is 86.5 Å². The maximum atomic E-state index is 5.65. The molecule has 0 aromatic heterocycles. The number of allylic oxidation sites excluding steroid dienone is 2. The van der Waals surface area contributed by atoms with Gasteiger partial charge >= 0.3 is 0 Å². The lowest BCUT2D eigenvalue weighted by molar-refractivity contribution is 0.148. The molecule has 1 aliphatic carbocycles. The van der Waals surface area contributed by atoms with Gasteiger partial charge in [0, 0.05) is 0 Å². The second-order valence-corrected chi connectivity index (χ2v) is 9.88. The minimum Gasteiger partial charge on any atom is -0.373 e. The summed E-state index contributed by atoms with van der Waals surface area (Å²) in [5, 5.41) is 0. The third-order valence-electron chi connectivity index (χ3n) is 7.28. The molecule has 0 amide bonds. The molecule has 1 fully saturated rings. The maximum absolute atomic E-state index is 5.65. The van der Waals surface area contributed by atoms with Gasteiger partial charge in [0.15, 0.2) is 0 Å². The molecule has 0 radical (unpaired) electrons. The van der Waals surface area contributed by atoms with Crippen LogP contribution in [-0.2, 0) is 30.6 Å². The zero-order chi connectivity index (χ0) is 23.1. The summed E-state index contributed by atoms with van der Waals surface area (Å²) in [6.45, 7) is 7.25. The molecule has 0 atom stereocenters. The van der Waals surface area contributed by atoms with E-state index in [0.29, 0.717) is 13.2 Å². The molecule has 33 heavy (non-hydrogen) atoms. The Morgan fingerprint density at radius 2 is 1.33 bits per heavy atom. The van der Waals surface area contributed by atoms with E-state index in [9.17, 15) is 0 Å². The number of hydrogen-bond donors (Lipinski definition) is 0. The second kappa shape index (κ2) is 14.9. The highest BCUT2D eigenvalue weighted by atomic mass is 16.5. The highest BCUT2D eigenvalue weighted by Gasteiger charge is 2.20. The van der Waals surface area contributed by atoms with Gasteiger partial charge in [-0.05, 0) is 73.1 Å². The first kappa shape index (κ1) is 25.5. The molecular formula is C32H44O. The molecule has 3 rings (SSSR count). The summed E-state index contributed by atoms with van der Waals surface area (Å²) in [6.07, 6.45) is 20.7. The summed E-state index contributed by atoms with van der Waals surface area (Å²) in [4.78, 5) is 0. The van der Waals surface area contributed by atoms with Crippen molar-refractivity contribution < 1.29 is 4.74 Å². The van der Waals surface area contributed by atoms with Crippen molar-refractivity contribution in [1.29, 1.82) is 0 Å². The summed E-state index contributed by atoms with van der Waals surface area (Å²) in [5.74, 6) is 1.90. The van der Waals surface area contributed by atoms with Gasteiger partial charge in [-0.25, -0.2) is 0 Å². The van der Waals surface area contributed by atoms with Crippen molar-refractivity contribution in [2.24, 2.45) is 11.8 Å². The molecule has 1 nitrogen and oxygen atoms in total. The molecule has 0 saturated heterocycles. The van der Waals surface area contributed by atoms with Gasteiger partial charge in [-0.2, -0.15) is 0 Å². The van der Waals surface area contributed by atoms with Gasteiger partial charge in [-0.3, -0.25) is 0 Å². The Morgan fingerprint density at radius 3 is 1.97 bits per heavy atom. The lowest BCUT2D eigenvalue weighted by Crippen LogP contribution is -2.15. The molecule has 0 heterocycles. The summed E-state index contributed by atoms with van der Waals surface area (Å²) in [7, 11) is 0. The predicted molar refractivity (Wildman–Crippen MR) is 143 cm³/mol. The Labute approximate surface area is 203 Å². The van der Waals surface area contributed by atoms with Gasteiger partial charge in [-0.15, -0.1) is 6.58 Å². The Hall–Kier alpha value is -2.12. The van der Waals surface area contributed by atoms with Crippen molar-refractivity contribution in [3.63, 3.8) is 0 Å². The number of unbranched alkanes of at least 4 members (excludes halogenated alkanes) is 1. The fourth-order valence-corrected chi connectivity index (χ4v) is 5.09. The van der Waals surface area contributed by atoms with Gasteiger partial charge in [0.25, 0.3) is 0 Å². The van der Waals surface area contributed by atoms with Crippen LogP contribution < -0.4 is 0 Å². The average molecular weight is 445 g/mol. The van der Waals surface area contributed by atoms with Crippen LogP contribution in [0.3, 0.4) is 0 Å². The third kappa shape index (κ3) is 9.72. The lowest BCUT2D eigenvalue weighted by Gasteiger charge is -2.28. The number of ether oxygens (including phenoxy) is 1. The molecule has 2 aromatic rings.